The van der Waals surface area contributed by atoms with Crippen LogP contribution >= 0.6 is 11.6 Å². The molecule has 14 heteroatoms. The van der Waals surface area contributed by atoms with Gasteiger partial charge in [-0.15, -0.1) is 0 Å². The Labute approximate surface area is 232 Å². The lowest BCUT2D eigenvalue weighted by molar-refractivity contribution is -0.154. The van der Waals surface area contributed by atoms with Gasteiger partial charge in [-0.05, 0) is 60.7 Å². The number of carbonyl (C=O) groups is 1. The Balaban J connectivity index is 1.55. The monoisotopic (exact) mass is 581 g/mol. The number of hydrogen-bond acceptors (Lipinski definition) is 8. The topological polar surface area (TPSA) is 127 Å². The molecule has 0 bridgehead atoms. The Bertz CT molecular complexity index is 1370. The number of benzene rings is 2. The molecule has 0 saturated heterocycles. The molecule has 1 aliphatic rings. The van der Waals surface area contributed by atoms with Crippen LogP contribution in [0.25, 0.3) is 0 Å². The van der Waals surface area contributed by atoms with Crippen molar-refractivity contribution in [1.82, 2.24) is 20.3 Å². The van der Waals surface area contributed by atoms with E-state index in [1.165, 1.54) is 12.1 Å². The molecule has 1 fully saturated rings. The molecule has 0 spiro atoms. The highest BCUT2D eigenvalue weighted by Crippen LogP contribution is 2.48. The van der Waals surface area contributed by atoms with E-state index in [2.05, 4.69) is 30.9 Å². The number of halogens is 5. The molecule has 3 aromatic rings. The number of nitrogens with two attached hydrogens (primary N) is 1. The van der Waals surface area contributed by atoms with Crippen LogP contribution in [0, 0.1) is 11.2 Å². The van der Waals surface area contributed by atoms with Crippen molar-refractivity contribution in [3.8, 4) is 6.01 Å². The average Bonchev–Trinajstić information content (AvgIpc) is 3.66. The minimum atomic E-state index is -4.62. The second-order valence-electron chi connectivity index (χ2n) is 10.3. The summed E-state index contributed by atoms with van der Waals surface area (Å²) in [6.07, 6.45) is -3.17. The number of ether oxygens (including phenoxy) is 1. The second-order valence-corrected chi connectivity index (χ2v) is 10.7. The van der Waals surface area contributed by atoms with Gasteiger partial charge in [-0.1, -0.05) is 37.6 Å². The summed E-state index contributed by atoms with van der Waals surface area (Å²) in [6.45, 7) is 2.69. The first-order valence-electron chi connectivity index (χ1n) is 12.3. The SMILES string of the molecule is CC(C)(CN)CNC(=O)c1ccc(Nc2nc(NC3(c4ccc(Cl)cc4)CC3)nc(OCC(F)(F)F)n2)cc1F. The summed E-state index contributed by atoms with van der Waals surface area (Å²) in [7, 11) is 0. The van der Waals surface area contributed by atoms with Gasteiger partial charge in [0.1, 0.15) is 5.82 Å². The number of alkyl halides is 3. The average molecular weight is 582 g/mol. The van der Waals surface area contributed by atoms with E-state index in [0.29, 0.717) is 11.6 Å². The van der Waals surface area contributed by atoms with Crippen LogP contribution in [0.1, 0.15) is 42.6 Å². The maximum atomic E-state index is 14.8. The molecule has 5 N–H and O–H groups in total. The minimum absolute atomic E-state index is 0.0406. The molecule has 0 aliphatic heterocycles. The van der Waals surface area contributed by atoms with Crippen molar-refractivity contribution in [3.05, 3.63) is 64.4 Å². The number of amides is 1. The van der Waals surface area contributed by atoms with Gasteiger partial charge in [0.25, 0.3) is 5.91 Å². The van der Waals surface area contributed by atoms with E-state index in [-0.39, 0.29) is 35.1 Å². The molecule has 4 rings (SSSR count). The lowest BCUT2D eigenvalue weighted by Gasteiger charge is -2.22. The number of rotatable bonds is 11. The van der Waals surface area contributed by atoms with Crippen LogP contribution < -0.4 is 26.4 Å². The molecule has 1 heterocycles. The smallest absolute Gasteiger partial charge is 0.422 e. The van der Waals surface area contributed by atoms with Crippen LogP contribution in [0.4, 0.5) is 35.1 Å². The molecule has 0 atom stereocenters. The lowest BCUT2D eigenvalue weighted by Crippen LogP contribution is -2.38. The summed E-state index contributed by atoms with van der Waals surface area (Å²) in [4.78, 5) is 24.6. The van der Waals surface area contributed by atoms with Gasteiger partial charge < -0.3 is 26.4 Å². The molecule has 1 saturated carbocycles. The van der Waals surface area contributed by atoms with E-state index in [9.17, 15) is 22.4 Å². The highest BCUT2D eigenvalue weighted by Gasteiger charge is 2.45. The molecule has 1 aliphatic carbocycles. The fourth-order valence-electron chi connectivity index (χ4n) is 3.67. The van der Waals surface area contributed by atoms with Gasteiger partial charge in [-0.2, -0.15) is 28.1 Å². The number of nitrogens with zero attached hydrogens (tertiary/aromatic N) is 3. The van der Waals surface area contributed by atoms with Gasteiger partial charge in [0.2, 0.25) is 11.9 Å². The highest BCUT2D eigenvalue weighted by molar-refractivity contribution is 6.30. The summed E-state index contributed by atoms with van der Waals surface area (Å²) < 4.78 is 58.0. The summed E-state index contributed by atoms with van der Waals surface area (Å²) >= 11 is 5.99. The summed E-state index contributed by atoms with van der Waals surface area (Å²) in [5.74, 6) is -1.67. The molecular weight excluding hydrogens is 554 g/mol. The van der Waals surface area contributed by atoms with Gasteiger partial charge >= 0.3 is 12.2 Å². The maximum absolute atomic E-state index is 14.8. The number of aromatic nitrogens is 3. The number of hydrogen-bond donors (Lipinski definition) is 4. The molecular formula is C26H28ClF4N7O2. The summed E-state index contributed by atoms with van der Waals surface area (Å²) in [5.41, 5.74) is 5.62. The molecule has 0 unspecified atom stereocenters. The van der Waals surface area contributed by atoms with E-state index in [0.717, 1.165) is 24.5 Å². The van der Waals surface area contributed by atoms with E-state index in [1.807, 2.05) is 26.0 Å². The normalized spacial score (nSPS) is 14.4. The fraction of sp³-hybridized carbons (Fsp3) is 0.385. The van der Waals surface area contributed by atoms with E-state index in [4.69, 9.17) is 22.1 Å². The Morgan fingerprint density at radius 3 is 2.35 bits per heavy atom. The first-order chi connectivity index (χ1) is 18.8. The van der Waals surface area contributed by atoms with Crippen LogP contribution in [-0.2, 0) is 5.54 Å². The first kappa shape index (κ1) is 29.3. The van der Waals surface area contributed by atoms with Crippen molar-refractivity contribution in [2.75, 3.05) is 30.3 Å². The zero-order valence-corrected chi connectivity index (χ0v) is 22.5. The summed E-state index contributed by atoms with van der Waals surface area (Å²) in [6, 6.07) is 10.3. The van der Waals surface area contributed by atoms with E-state index < -0.39 is 36.1 Å². The van der Waals surface area contributed by atoms with Crippen molar-refractivity contribution in [3.63, 3.8) is 0 Å². The molecule has 1 amide bonds. The third-order valence-electron chi connectivity index (χ3n) is 6.23. The first-order valence-corrected chi connectivity index (χ1v) is 12.7. The Morgan fingerprint density at radius 1 is 1.07 bits per heavy atom. The van der Waals surface area contributed by atoms with Gasteiger partial charge in [0, 0.05) is 17.3 Å². The molecule has 0 radical (unpaired) electrons. The van der Waals surface area contributed by atoms with E-state index in [1.54, 1.807) is 12.1 Å². The van der Waals surface area contributed by atoms with Crippen LogP contribution in [-0.4, -0.2) is 46.7 Å². The molecule has 2 aromatic carbocycles. The van der Waals surface area contributed by atoms with Crippen LogP contribution in [0.3, 0.4) is 0 Å². The van der Waals surface area contributed by atoms with Gasteiger partial charge in [0.05, 0.1) is 11.1 Å². The molecule has 1 aromatic heterocycles. The van der Waals surface area contributed by atoms with Crippen LogP contribution in [0.15, 0.2) is 42.5 Å². The fourth-order valence-corrected chi connectivity index (χ4v) is 3.79. The predicted octanol–water partition coefficient (Wildman–Crippen LogP) is 5.16. The highest BCUT2D eigenvalue weighted by atomic mass is 35.5. The van der Waals surface area contributed by atoms with Crippen molar-refractivity contribution in [1.29, 1.82) is 0 Å². The number of nitrogens with one attached hydrogen (secondary N) is 3. The summed E-state index contributed by atoms with van der Waals surface area (Å²) in [5, 5.41) is 9.10. The van der Waals surface area contributed by atoms with Gasteiger partial charge in [-0.25, -0.2) is 4.39 Å². The quantitative estimate of drug-likeness (QED) is 0.229. The lowest BCUT2D eigenvalue weighted by atomic mass is 9.94. The van der Waals surface area contributed by atoms with Gasteiger partial charge in [-0.3, -0.25) is 4.79 Å². The van der Waals surface area contributed by atoms with Crippen LogP contribution in [0.5, 0.6) is 6.01 Å². The van der Waals surface area contributed by atoms with E-state index >= 15 is 0 Å². The number of carbonyl (C=O) groups excluding carboxylic acids is 1. The van der Waals surface area contributed by atoms with Crippen molar-refractivity contribution in [2.24, 2.45) is 11.1 Å². The Hall–Kier alpha value is -3.71. The van der Waals surface area contributed by atoms with Crippen molar-refractivity contribution < 1.29 is 27.1 Å². The maximum Gasteiger partial charge on any atom is 0.422 e. The van der Waals surface area contributed by atoms with Crippen molar-refractivity contribution >= 4 is 35.1 Å². The third-order valence-corrected chi connectivity index (χ3v) is 6.48. The van der Waals surface area contributed by atoms with Crippen molar-refractivity contribution in [2.45, 2.75) is 38.4 Å². The Kier molecular flexibility index (Phi) is 8.36. The predicted molar refractivity (Wildman–Crippen MR) is 142 cm³/mol. The zero-order chi connectivity index (χ0) is 29.1. The van der Waals surface area contributed by atoms with Gasteiger partial charge in [0.15, 0.2) is 6.61 Å². The molecule has 214 valence electrons. The Morgan fingerprint density at radius 2 is 1.75 bits per heavy atom. The molecule has 40 heavy (non-hydrogen) atoms. The number of anilines is 3. The largest absolute Gasteiger partial charge is 0.454 e. The second kappa shape index (κ2) is 11.4. The zero-order valence-electron chi connectivity index (χ0n) is 21.7. The molecule has 9 nitrogen and oxygen atoms in total. The van der Waals surface area contributed by atoms with Crippen LogP contribution in [0.2, 0.25) is 5.02 Å². The minimum Gasteiger partial charge on any atom is -0.454 e. The standard InChI is InChI=1S/C26H28ClF4N7O2/c1-24(2,12-32)13-33-20(39)18-8-7-17(11-19(18)28)34-21-35-22(37-23(36-21)40-14-26(29,30)31)38-25(9-10-25)15-3-5-16(27)6-4-15/h3-8,11H,9-10,12-14,32H2,1-2H3,(H,33,39)(H2,34,35,36,37,38). The third kappa shape index (κ3) is 7.69.